The van der Waals surface area contributed by atoms with Crippen LogP contribution in [0.4, 0.5) is 18.9 Å². The summed E-state index contributed by atoms with van der Waals surface area (Å²) in [4.78, 5) is 1.02. The molecule has 1 rings (SSSR count). The summed E-state index contributed by atoms with van der Waals surface area (Å²) >= 11 is 0. The second-order valence-electron chi connectivity index (χ2n) is 3.24. The minimum atomic E-state index is -4.44. The first-order chi connectivity index (χ1) is 7.40. The number of alkyl halides is 3. The molecular weight excluding hydrogens is 217 g/mol. The average molecular weight is 228 g/mol. The van der Waals surface area contributed by atoms with Gasteiger partial charge in [0.2, 0.25) is 0 Å². The Balaban J connectivity index is 3.38. The molecule has 0 amide bonds. The van der Waals surface area contributed by atoms with Crippen LogP contribution < -0.4 is 4.90 Å². The van der Waals surface area contributed by atoms with Crippen LogP contribution in [0.5, 0.6) is 0 Å². The number of nitrogens with one attached hydrogen (secondary N) is 1. The molecule has 0 heterocycles. The fourth-order valence-electron chi connectivity index (χ4n) is 1.32. The molecule has 0 aliphatic heterocycles. The van der Waals surface area contributed by atoms with Crippen LogP contribution in [0.1, 0.15) is 11.1 Å². The Labute approximate surface area is 91.5 Å². The van der Waals surface area contributed by atoms with E-state index in [2.05, 4.69) is 6.58 Å². The molecule has 0 aromatic heterocycles. The molecule has 0 spiro atoms. The lowest BCUT2D eigenvalue weighted by Gasteiger charge is -2.19. The molecule has 5 heteroatoms. The number of benzene rings is 1. The summed E-state index contributed by atoms with van der Waals surface area (Å²) in [6, 6.07) is 3.94. The smallest absolute Gasteiger partial charge is 0.308 e. The molecule has 0 saturated carbocycles. The molecule has 0 fully saturated rings. The fourth-order valence-corrected chi connectivity index (χ4v) is 1.32. The van der Waals surface area contributed by atoms with E-state index in [0.29, 0.717) is 5.56 Å². The van der Waals surface area contributed by atoms with Crippen molar-refractivity contribution in [1.29, 1.82) is 5.41 Å². The van der Waals surface area contributed by atoms with Crippen molar-refractivity contribution in [3.05, 3.63) is 42.1 Å². The molecule has 2 nitrogen and oxygen atoms in total. The maximum atomic E-state index is 12.7. The quantitative estimate of drug-likeness (QED) is 0.621. The lowest BCUT2D eigenvalue weighted by atomic mass is 10.1. The third kappa shape index (κ3) is 2.42. The molecule has 0 saturated heterocycles. The van der Waals surface area contributed by atoms with Gasteiger partial charge >= 0.3 is 6.18 Å². The first kappa shape index (κ1) is 12.3. The van der Waals surface area contributed by atoms with Crippen LogP contribution in [-0.2, 0) is 6.18 Å². The van der Waals surface area contributed by atoms with E-state index in [4.69, 9.17) is 5.41 Å². The number of aryl methyl sites for hydroxylation is 1. The molecular formula is C11H11F3N2. The van der Waals surface area contributed by atoms with Gasteiger partial charge in [-0.3, -0.25) is 5.41 Å². The normalized spacial score (nSPS) is 11.0. The highest BCUT2D eigenvalue weighted by atomic mass is 19.4. The molecule has 1 aromatic carbocycles. The van der Waals surface area contributed by atoms with E-state index in [9.17, 15) is 13.2 Å². The highest BCUT2D eigenvalue weighted by Gasteiger charge is 2.34. The first-order valence-electron chi connectivity index (χ1n) is 4.49. The van der Waals surface area contributed by atoms with Gasteiger partial charge in [0.1, 0.15) is 0 Å². The molecule has 86 valence electrons. The maximum Gasteiger partial charge on any atom is 0.418 e. The predicted octanol–water partition coefficient (Wildman–Crippen LogP) is 3.57. The van der Waals surface area contributed by atoms with Crippen molar-refractivity contribution in [1.82, 2.24) is 0 Å². The Morgan fingerprint density at radius 1 is 1.38 bits per heavy atom. The van der Waals surface area contributed by atoms with Gasteiger partial charge < -0.3 is 4.90 Å². The first-order valence-corrected chi connectivity index (χ1v) is 4.49. The molecule has 0 bridgehead atoms. The summed E-state index contributed by atoms with van der Waals surface area (Å²) in [5, 5.41) is 7.01. The predicted molar refractivity (Wildman–Crippen MR) is 57.6 cm³/mol. The monoisotopic (exact) mass is 228 g/mol. The van der Waals surface area contributed by atoms with Gasteiger partial charge in [0.25, 0.3) is 0 Å². The van der Waals surface area contributed by atoms with Crippen molar-refractivity contribution in [3.63, 3.8) is 0 Å². The SMILES string of the molecule is C=CN(C=N)c1ccc(C)cc1C(F)(F)F. The van der Waals surface area contributed by atoms with Gasteiger partial charge in [-0.05, 0) is 19.1 Å². The van der Waals surface area contributed by atoms with Gasteiger partial charge in [0, 0.05) is 6.20 Å². The number of anilines is 1. The standard InChI is InChI=1S/C11H11F3N2/c1-3-16(7-15)10-5-4-8(2)6-9(10)11(12,13)14/h3-7,15H,1H2,2H3. The highest BCUT2D eigenvalue weighted by Crippen LogP contribution is 2.36. The van der Waals surface area contributed by atoms with Crippen molar-refractivity contribution in [2.45, 2.75) is 13.1 Å². The number of rotatable bonds is 3. The van der Waals surface area contributed by atoms with Crippen LogP contribution in [0.25, 0.3) is 0 Å². The van der Waals surface area contributed by atoms with Crippen LogP contribution in [-0.4, -0.2) is 6.34 Å². The Hall–Kier alpha value is -1.78. The fraction of sp³-hybridized carbons (Fsp3) is 0.182. The molecule has 1 N–H and O–H groups in total. The van der Waals surface area contributed by atoms with Gasteiger partial charge in [0.15, 0.2) is 0 Å². The third-order valence-corrected chi connectivity index (χ3v) is 2.07. The number of nitrogens with zero attached hydrogens (tertiary/aromatic N) is 1. The number of hydrogen-bond donors (Lipinski definition) is 1. The Morgan fingerprint density at radius 2 is 2.00 bits per heavy atom. The van der Waals surface area contributed by atoms with Gasteiger partial charge in [-0.1, -0.05) is 18.2 Å². The summed E-state index contributed by atoms with van der Waals surface area (Å²) in [5.41, 5.74) is -0.343. The van der Waals surface area contributed by atoms with Gasteiger partial charge in [-0.25, -0.2) is 0 Å². The topological polar surface area (TPSA) is 27.1 Å². The maximum absolute atomic E-state index is 12.7. The van der Waals surface area contributed by atoms with E-state index >= 15 is 0 Å². The molecule has 0 aliphatic rings. The Bertz CT molecular complexity index is 402. The second-order valence-corrected chi connectivity index (χ2v) is 3.24. The summed E-state index contributed by atoms with van der Waals surface area (Å²) in [5.74, 6) is 0. The van der Waals surface area contributed by atoms with E-state index in [-0.39, 0.29) is 5.69 Å². The molecule has 16 heavy (non-hydrogen) atoms. The van der Waals surface area contributed by atoms with Crippen LogP contribution in [0.2, 0.25) is 0 Å². The summed E-state index contributed by atoms with van der Waals surface area (Å²) in [6.07, 6.45) is -2.49. The van der Waals surface area contributed by atoms with E-state index in [0.717, 1.165) is 23.5 Å². The molecule has 0 aliphatic carbocycles. The van der Waals surface area contributed by atoms with Crippen LogP contribution >= 0.6 is 0 Å². The van der Waals surface area contributed by atoms with E-state index in [1.54, 1.807) is 13.0 Å². The minimum absolute atomic E-state index is 0.0944. The largest absolute Gasteiger partial charge is 0.418 e. The third-order valence-electron chi connectivity index (χ3n) is 2.07. The van der Waals surface area contributed by atoms with Crippen molar-refractivity contribution < 1.29 is 13.2 Å². The zero-order chi connectivity index (χ0) is 12.3. The number of hydrogen-bond acceptors (Lipinski definition) is 1. The Kier molecular flexibility index (Phi) is 3.37. The molecule has 1 aromatic rings. The average Bonchev–Trinajstić information content (AvgIpc) is 2.20. The van der Waals surface area contributed by atoms with Crippen LogP contribution in [0, 0.1) is 12.3 Å². The van der Waals surface area contributed by atoms with E-state index in [1.807, 2.05) is 0 Å². The van der Waals surface area contributed by atoms with Gasteiger partial charge in [-0.2, -0.15) is 13.2 Å². The highest BCUT2D eigenvalue weighted by molar-refractivity contribution is 5.81. The van der Waals surface area contributed by atoms with E-state index in [1.165, 1.54) is 6.07 Å². The van der Waals surface area contributed by atoms with Crippen molar-refractivity contribution in [2.75, 3.05) is 4.90 Å². The zero-order valence-corrected chi connectivity index (χ0v) is 8.67. The lowest BCUT2D eigenvalue weighted by Crippen LogP contribution is -2.18. The van der Waals surface area contributed by atoms with Crippen molar-refractivity contribution in [3.8, 4) is 0 Å². The zero-order valence-electron chi connectivity index (χ0n) is 8.67. The van der Waals surface area contributed by atoms with Crippen molar-refractivity contribution >= 4 is 12.0 Å². The molecule has 0 unspecified atom stereocenters. The summed E-state index contributed by atoms with van der Waals surface area (Å²) < 4.78 is 38.2. The molecule has 0 atom stereocenters. The van der Waals surface area contributed by atoms with Crippen molar-refractivity contribution in [2.24, 2.45) is 0 Å². The molecule has 0 radical (unpaired) electrons. The van der Waals surface area contributed by atoms with Gasteiger partial charge in [-0.15, -0.1) is 0 Å². The second kappa shape index (κ2) is 4.38. The number of halogens is 3. The summed E-state index contributed by atoms with van der Waals surface area (Å²) in [7, 11) is 0. The lowest BCUT2D eigenvalue weighted by molar-refractivity contribution is -0.137. The van der Waals surface area contributed by atoms with Crippen LogP contribution in [0.15, 0.2) is 31.0 Å². The summed E-state index contributed by atoms with van der Waals surface area (Å²) in [6.45, 7) is 4.95. The van der Waals surface area contributed by atoms with Crippen LogP contribution in [0.3, 0.4) is 0 Å². The van der Waals surface area contributed by atoms with Gasteiger partial charge in [0.05, 0.1) is 17.6 Å². The minimum Gasteiger partial charge on any atom is -0.308 e. The Morgan fingerprint density at radius 3 is 2.44 bits per heavy atom. The van der Waals surface area contributed by atoms with E-state index < -0.39 is 11.7 Å².